The van der Waals surface area contributed by atoms with Gasteiger partial charge in [-0.1, -0.05) is 23.9 Å². The molecule has 0 saturated heterocycles. The summed E-state index contributed by atoms with van der Waals surface area (Å²) in [4.78, 5) is 26.2. The number of amides is 1. The first kappa shape index (κ1) is 20.3. The first-order valence-electron chi connectivity index (χ1n) is 10.1. The van der Waals surface area contributed by atoms with Crippen LogP contribution in [0.15, 0.2) is 59.9 Å². The molecule has 1 atom stereocenters. The highest BCUT2D eigenvalue weighted by atomic mass is 32.2. The van der Waals surface area contributed by atoms with E-state index in [1.165, 1.54) is 11.8 Å². The molecule has 1 N–H and O–H groups in total. The van der Waals surface area contributed by atoms with Crippen molar-refractivity contribution in [1.29, 1.82) is 0 Å². The van der Waals surface area contributed by atoms with E-state index in [-0.39, 0.29) is 12.5 Å². The van der Waals surface area contributed by atoms with Crippen molar-refractivity contribution in [1.82, 2.24) is 19.5 Å². The van der Waals surface area contributed by atoms with E-state index in [0.717, 1.165) is 27.7 Å². The average molecular weight is 448 g/mol. The largest absolute Gasteiger partial charge is 0.485 e. The van der Waals surface area contributed by atoms with Crippen molar-refractivity contribution in [3.05, 3.63) is 66.2 Å². The summed E-state index contributed by atoms with van der Waals surface area (Å²) in [6.07, 6.45) is 1.04. The minimum absolute atomic E-state index is 0.164. The minimum atomic E-state index is -0.717. The zero-order valence-electron chi connectivity index (χ0n) is 17.6. The summed E-state index contributed by atoms with van der Waals surface area (Å²) in [6, 6.07) is 14.9. The number of hydrogen-bond acceptors (Lipinski definition) is 7. The SMILES string of the molecule is Cc1ccnc(SCc2nc3cc(NC(=O)C4COc5ccccc5O4)ccc3n2C)n1. The fourth-order valence-corrected chi connectivity index (χ4v) is 4.31. The molecule has 162 valence electrons. The van der Waals surface area contributed by atoms with Crippen molar-refractivity contribution in [2.75, 3.05) is 11.9 Å². The van der Waals surface area contributed by atoms with E-state index in [9.17, 15) is 4.79 Å². The van der Waals surface area contributed by atoms with Gasteiger partial charge in [0.2, 0.25) is 6.10 Å². The van der Waals surface area contributed by atoms with E-state index in [1.54, 1.807) is 12.3 Å². The summed E-state index contributed by atoms with van der Waals surface area (Å²) in [5.74, 6) is 2.50. The molecule has 9 heteroatoms. The molecule has 4 aromatic rings. The van der Waals surface area contributed by atoms with Crippen LogP contribution in [0.4, 0.5) is 5.69 Å². The van der Waals surface area contributed by atoms with E-state index in [2.05, 4.69) is 15.3 Å². The number of anilines is 1. The van der Waals surface area contributed by atoms with E-state index in [1.807, 2.05) is 61.0 Å². The Morgan fingerprint density at radius 1 is 1.19 bits per heavy atom. The second-order valence-corrected chi connectivity index (χ2v) is 8.36. The van der Waals surface area contributed by atoms with Gasteiger partial charge in [0, 0.05) is 24.6 Å². The summed E-state index contributed by atoms with van der Waals surface area (Å²) < 4.78 is 13.5. The monoisotopic (exact) mass is 447 g/mol. The van der Waals surface area contributed by atoms with Crippen LogP contribution in [0.3, 0.4) is 0 Å². The second-order valence-electron chi connectivity index (χ2n) is 7.41. The summed E-state index contributed by atoms with van der Waals surface area (Å²) in [5.41, 5.74) is 3.38. The summed E-state index contributed by atoms with van der Waals surface area (Å²) >= 11 is 1.54. The molecule has 32 heavy (non-hydrogen) atoms. The third-order valence-corrected chi connectivity index (χ3v) is 6.00. The Kier molecular flexibility index (Phi) is 5.40. The lowest BCUT2D eigenvalue weighted by atomic mass is 10.2. The Bertz CT molecular complexity index is 1310. The van der Waals surface area contributed by atoms with Gasteiger partial charge < -0.3 is 19.4 Å². The standard InChI is InChI=1S/C23H21N5O3S/c1-14-9-10-24-23(25-14)32-13-21-27-16-11-15(7-8-17(16)28(21)2)26-22(29)20-12-30-18-5-3-4-6-19(18)31-20/h3-11,20H,12-13H2,1-2H3,(H,26,29). The van der Waals surface area contributed by atoms with Gasteiger partial charge in [-0.05, 0) is 43.3 Å². The van der Waals surface area contributed by atoms with Crippen molar-refractivity contribution in [2.24, 2.45) is 7.05 Å². The van der Waals surface area contributed by atoms with Crippen molar-refractivity contribution in [3.8, 4) is 11.5 Å². The van der Waals surface area contributed by atoms with Gasteiger partial charge in [0.15, 0.2) is 16.7 Å². The van der Waals surface area contributed by atoms with Gasteiger partial charge in [0.1, 0.15) is 12.4 Å². The Labute approximate surface area is 189 Å². The first-order valence-corrected chi connectivity index (χ1v) is 11.1. The van der Waals surface area contributed by atoms with Gasteiger partial charge in [-0.2, -0.15) is 0 Å². The molecule has 0 spiro atoms. The number of nitrogens with zero attached hydrogens (tertiary/aromatic N) is 4. The van der Waals surface area contributed by atoms with Crippen LogP contribution in [-0.2, 0) is 17.6 Å². The second kappa shape index (κ2) is 8.51. The molecule has 2 aromatic carbocycles. The molecule has 0 saturated carbocycles. The molecule has 5 rings (SSSR count). The predicted octanol–water partition coefficient (Wildman–Crippen LogP) is 3.74. The topological polar surface area (TPSA) is 91.2 Å². The lowest BCUT2D eigenvalue weighted by molar-refractivity contribution is -0.125. The quantitative estimate of drug-likeness (QED) is 0.368. The normalized spacial score (nSPS) is 15.0. The number of nitrogens with one attached hydrogen (secondary N) is 1. The van der Waals surface area contributed by atoms with E-state index in [0.29, 0.717) is 22.9 Å². The van der Waals surface area contributed by atoms with Crippen molar-refractivity contribution >= 4 is 34.4 Å². The number of thioether (sulfide) groups is 1. The van der Waals surface area contributed by atoms with Crippen LogP contribution in [0, 0.1) is 6.92 Å². The predicted molar refractivity (Wildman–Crippen MR) is 122 cm³/mol. The van der Waals surface area contributed by atoms with Gasteiger partial charge in [-0.25, -0.2) is 15.0 Å². The highest BCUT2D eigenvalue weighted by molar-refractivity contribution is 7.98. The van der Waals surface area contributed by atoms with Crippen LogP contribution in [-0.4, -0.2) is 38.1 Å². The number of aryl methyl sites for hydroxylation is 2. The van der Waals surface area contributed by atoms with Gasteiger partial charge in [0.05, 0.1) is 16.8 Å². The number of fused-ring (bicyclic) bond motifs is 2. The summed E-state index contributed by atoms with van der Waals surface area (Å²) in [6.45, 7) is 2.11. The van der Waals surface area contributed by atoms with Crippen LogP contribution < -0.4 is 14.8 Å². The van der Waals surface area contributed by atoms with Crippen LogP contribution >= 0.6 is 11.8 Å². The van der Waals surface area contributed by atoms with E-state index >= 15 is 0 Å². The zero-order valence-corrected chi connectivity index (χ0v) is 18.4. The maximum absolute atomic E-state index is 12.7. The number of carbonyl (C=O) groups excluding carboxylic acids is 1. The smallest absolute Gasteiger partial charge is 0.269 e. The Balaban J connectivity index is 1.29. The summed E-state index contributed by atoms with van der Waals surface area (Å²) in [5, 5.41) is 3.63. The molecule has 1 aliphatic heterocycles. The molecule has 8 nitrogen and oxygen atoms in total. The maximum Gasteiger partial charge on any atom is 0.269 e. The molecule has 0 aliphatic carbocycles. The number of carbonyl (C=O) groups is 1. The third kappa shape index (κ3) is 4.11. The highest BCUT2D eigenvalue weighted by Crippen LogP contribution is 2.31. The molecule has 2 aromatic heterocycles. The number of para-hydroxylation sites is 2. The minimum Gasteiger partial charge on any atom is -0.485 e. The molecule has 0 bridgehead atoms. The Morgan fingerprint density at radius 2 is 2.03 bits per heavy atom. The van der Waals surface area contributed by atoms with Crippen LogP contribution in [0.2, 0.25) is 0 Å². The fourth-order valence-electron chi connectivity index (χ4n) is 3.45. The number of aromatic nitrogens is 4. The molecule has 1 aliphatic rings. The van der Waals surface area contributed by atoms with E-state index in [4.69, 9.17) is 14.5 Å². The molecular weight excluding hydrogens is 426 g/mol. The number of benzene rings is 2. The van der Waals surface area contributed by atoms with Gasteiger partial charge >= 0.3 is 0 Å². The van der Waals surface area contributed by atoms with Gasteiger partial charge in [0.25, 0.3) is 5.91 Å². The molecular formula is C23H21N5O3S. The maximum atomic E-state index is 12.7. The molecule has 1 amide bonds. The highest BCUT2D eigenvalue weighted by Gasteiger charge is 2.27. The lowest BCUT2D eigenvalue weighted by Crippen LogP contribution is -2.40. The third-order valence-electron chi connectivity index (χ3n) is 5.15. The van der Waals surface area contributed by atoms with Crippen molar-refractivity contribution in [2.45, 2.75) is 23.9 Å². The zero-order chi connectivity index (χ0) is 22.1. The number of imidazole rings is 1. The molecule has 1 unspecified atom stereocenters. The fraction of sp³-hybridized carbons (Fsp3) is 0.217. The van der Waals surface area contributed by atoms with Crippen LogP contribution in [0.25, 0.3) is 11.0 Å². The van der Waals surface area contributed by atoms with Crippen molar-refractivity contribution in [3.63, 3.8) is 0 Å². The molecule has 0 radical (unpaired) electrons. The van der Waals surface area contributed by atoms with E-state index < -0.39 is 6.10 Å². The average Bonchev–Trinajstić information content (AvgIpc) is 3.12. The lowest BCUT2D eigenvalue weighted by Gasteiger charge is -2.25. The summed E-state index contributed by atoms with van der Waals surface area (Å²) in [7, 11) is 1.98. The van der Waals surface area contributed by atoms with Crippen LogP contribution in [0.5, 0.6) is 11.5 Å². The molecule has 3 heterocycles. The Morgan fingerprint density at radius 3 is 2.88 bits per heavy atom. The van der Waals surface area contributed by atoms with Gasteiger partial charge in [-0.3, -0.25) is 4.79 Å². The van der Waals surface area contributed by atoms with Crippen molar-refractivity contribution < 1.29 is 14.3 Å². The van der Waals surface area contributed by atoms with Crippen LogP contribution in [0.1, 0.15) is 11.5 Å². The Hall–Kier alpha value is -3.59. The number of hydrogen-bond donors (Lipinski definition) is 1. The number of rotatable bonds is 5. The van der Waals surface area contributed by atoms with Gasteiger partial charge in [-0.15, -0.1) is 0 Å². The number of ether oxygens (including phenoxy) is 2. The molecule has 0 fully saturated rings. The first-order chi connectivity index (χ1) is 15.6.